The summed E-state index contributed by atoms with van der Waals surface area (Å²) in [6, 6.07) is 8.86. The molecule has 0 fully saturated rings. The van der Waals surface area contributed by atoms with Crippen LogP contribution < -0.4 is 10.1 Å². The highest BCUT2D eigenvalue weighted by Gasteiger charge is 2.18. The van der Waals surface area contributed by atoms with Crippen molar-refractivity contribution in [1.29, 1.82) is 0 Å². The summed E-state index contributed by atoms with van der Waals surface area (Å²) in [7, 11) is 0. The van der Waals surface area contributed by atoms with Gasteiger partial charge in [-0.3, -0.25) is 4.79 Å². The van der Waals surface area contributed by atoms with Crippen LogP contribution in [0.15, 0.2) is 36.4 Å². The second kappa shape index (κ2) is 6.99. The molecule has 5 heteroatoms. The van der Waals surface area contributed by atoms with Gasteiger partial charge in [0.15, 0.2) is 6.10 Å². The second-order valence-electron chi connectivity index (χ2n) is 6.01. The van der Waals surface area contributed by atoms with Gasteiger partial charge >= 0.3 is 0 Å². The summed E-state index contributed by atoms with van der Waals surface area (Å²) >= 11 is 0. The van der Waals surface area contributed by atoms with E-state index in [0.29, 0.717) is 5.75 Å². The normalized spacial score (nSPS) is 14.6. The number of aryl methyl sites for hydroxylation is 2. The number of carbonyl (C=O) groups excluding carboxylic acids is 1. The number of amides is 1. The molecule has 2 aromatic carbocycles. The third-order valence-electron chi connectivity index (χ3n) is 4.19. The van der Waals surface area contributed by atoms with Gasteiger partial charge in [-0.15, -0.1) is 0 Å². The molecule has 3 rings (SSSR count). The Hall–Kier alpha value is -2.43. The third kappa shape index (κ3) is 3.72. The van der Waals surface area contributed by atoms with Gasteiger partial charge in [-0.1, -0.05) is 6.07 Å². The fourth-order valence-corrected chi connectivity index (χ4v) is 2.87. The Morgan fingerprint density at radius 2 is 1.83 bits per heavy atom. The predicted octanol–water partition coefficient (Wildman–Crippen LogP) is 4.25. The molecule has 2 aromatic rings. The van der Waals surface area contributed by atoms with Gasteiger partial charge in [0.05, 0.1) is 5.69 Å². The average Bonchev–Trinajstić information content (AvgIpc) is 2.57. The molecule has 0 radical (unpaired) electrons. The quantitative estimate of drug-likeness (QED) is 0.909. The Balaban J connectivity index is 1.65. The van der Waals surface area contributed by atoms with Crippen molar-refractivity contribution in [3.63, 3.8) is 0 Å². The van der Waals surface area contributed by atoms with Crippen molar-refractivity contribution in [2.45, 2.75) is 38.7 Å². The smallest absolute Gasteiger partial charge is 0.265 e. The van der Waals surface area contributed by atoms with Gasteiger partial charge in [0.1, 0.15) is 17.4 Å². The van der Waals surface area contributed by atoms with Crippen LogP contribution in [0, 0.1) is 11.6 Å². The molecule has 1 aliphatic rings. The van der Waals surface area contributed by atoms with Crippen molar-refractivity contribution in [3.05, 3.63) is 59.2 Å². The molecule has 0 bridgehead atoms. The fraction of sp³-hybridized carbons (Fsp3) is 0.316. The first-order valence-electron chi connectivity index (χ1n) is 8.07. The van der Waals surface area contributed by atoms with Gasteiger partial charge in [0, 0.05) is 6.07 Å². The molecule has 0 spiro atoms. The van der Waals surface area contributed by atoms with Gasteiger partial charge < -0.3 is 10.1 Å². The molecule has 1 atom stereocenters. The van der Waals surface area contributed by atoms with E-state index >= 15 is 0 Å². The first-order chi connectivity index (χ1) is 11.5. The number of nitrogens with one attached hydrogen (secondary N) is 1. The van der Waals surface area contributed by atoms with E-state index in [1.165, 1.54) is 23.6 Å². The highest BCUT2D eigenvalue weighted by atomic mass is 19.1. The molecule has 0 unspecified atom stereocenters. The minimum atomic E-state index is -0.815. The largest absolute Gasteiger partial charge is 0.481 e. The van der Waals surface area contributed by atoms with Crippen LogP contribution in [-0.2, 0) is 17.6 Å². The summed E-state index contributed by atoms with van der Waals surface area (Å²) in [6.07, 6.45) is 3.67. The van der Waals surface area contributed by atoms with E-state index in [1.807, 2.05) is 18.2 Å². The first-order valence-corrected chi connectivity index (χ1v) is 8.07. The van der Waals surface area contributed by atoms with E-state index < -0.39 is 23.6 Å². The average molecular weight is 331 g/mol. The number of rotatable bonds is 4. The molecule has 126 valence electrons. The molecule has 1 N–H and O–H groups in total. The molecule has 1 aliphatic carbocycles. The summed E-state index contributed by atoms with van der Waals surface area (Å²) in [5.41, 5.74) is 2.53. The van der Waals surface area contributed by atoms with Gasteiger partial charge in [-0.25, -0.2) is 8.78 Å². The van der Waals surface area contributed by atoms with Crippen LogP contribution in [-0.4, -0.2) is 12.0 Å². The number of fused-ring (bicyclic) bond motifs is 1. The standard InChI is InChI=1S/C19H19F2NO2/c1-12(19(23)22-18-9-7-15(20)11-17(18)21)24-16-8-6-13-4-2-3-5-14(13)10-16/h6-12H,2-5H2,1H3,(H,22,23)/t12-/m1/s1. The van der Waals surface area contributed by atoms with E-state index in [0.717, 1.165) is 31.4 Å². The fourth-order valence-electron chi connectivity index (χ4n) is 2.87. The molecule has 1 amide bonds. The Bertz CT molecular complexity index is 761. The minimum absolute atomic E-state index is 0.0673. The molecule has 0 aliphatic heterocycles. The van der Waals surface area contributed by atoms with E-state index in [2.05, 4.69) is 5.32 Å². The zero-order valence-corrected chi connectivity index (χ0v) is 13.4. The third-order valence-corrected chi connectivity index (χ3v) is 4.19. The van der Waals surface area contributed by atoms with Crippen LogP contribution in [0.1, 0.15) is 30.9 Å². The van der Waals surface area contributed by atoms with E-state index in [-0.39, 0.29) is 5.69 Å². The van der Waals surface area contributed by atoms with Gasteiger partial charge in [-0.05, 0) is 68.0 Å². The topological polar surface area (TPSA) is 38.3 Å². The Morgan fingerprint density at radius 1 is 1.08 bits per heavy atom. The Labute approximate surface area is 139 Å². The van der Waals surface area contributed by atoms with Gasteiger partial charge in [0.2, 0.25) is 0 Å². The number of ether oxygens (including phenoxy) is 1. The van der Waals surface area contributed by atoms with Crippen molar-refractivity contribution in [2.75, 3.05) is 5.32 Å². The van der Waals surface area contributed by atoms with Crippen molar-refractivity contribution in [3.8, 4) is 5.75 Å². The molecule has 0 saturated carbocycles. The number of carbonyl (C=O) groups is 1. The van der Waals surface area contributed by atoms with Crippen LogP contribution in [0.3, 0.4) is 0 Å². The SMILES string of the molecule is C[C@@H](Oc1ccc2c(c1)CCCC2)C(=O)Nc1ccc(F)cc1F. The van der Waals surface area contributed by atoms with E-state index in [9.17, 15) is 13.6 Å². The van der Waals surface area contributed by atoms with Crippen LogP contribution in [0.25, 0.3) is 0 Å². The lowest BCUT2D eigenvalue weighted by molar-refractivity contribution is -0.122. The first kappa shape index (κ1) is 16.4. The number of halogens is 2. The monoisotopic (exact) mass is 331 g/mol. The zero-order valence-electron chi connectivity index (χ0n) is 13.4. The van der Waals surface area contributed by atoms with Crippen molar-refractivity contribution in [2.24, 2.45) is 0 Å². The molecule has 24 heavy (non-hydrogen) atoms. The van der Waals surface area contributed by atoms with Crippen LogP contribution in [0.5, 0.6) is 5.75 Å². The molecule has 3 nitrogen and oxygen atoms in total. The lowest BCUT2D eigenvalue weighted by Gasteiger charge is -2.19. The number of hydrogen-bond acceptors (Lipinski definition) is 2. The maximum absolute atomic E-state index is 13.6. The summed E-state index contributed by atoms with van der Waals surface area (Å²) in [5, 5.41) is 2.41. The van der Waals surface area contributed by atoms with Crippen molar-refractivity contribution in [1.82, 2.24) is 0 Å². The number of anilines is 1. The Morgan fingerprint density at radius 3 is 2.58 bits per heavy atom. The highest BCUT2D eigenvalue weighted by molar-refractivity contribution is 5.94. The van der Waals surface area contributed by atoms with Crippen LogP contribution >= 0.6 is 0 Å². The zero-order chi connectivity index (χ0) is 17.1. The lowest BCUT2D eigenvalue weighted by atomic mass is 9.92. The minimum Gasteiger partial charge on any atom is -0.481 e. The van der Waals surface area contributed by atoms with Gasteiger partial charge in [-0.2, -0.15) is 0 Å². The Kier molecular flexibility index (Phi) is 4.79. The van der Waals surface area contributed by atoms with E-state index in [4.69, 9.17) is 4.74 Å². The molecular weight excluding hydrogens is 312 g/mol. The summed E-state index contributed by atoms with van der Waals surface area (Å²) in [4.78, 5) is 12.1. The van der Waals surface area contributed by atoms with Crippen LogP contribution in [0.4, 0.5) is 14.5 Å². The van der Waals surface area contributed by atoms with Gasteiger partial charge in [0.25, 0.3) is 5.91 Å². The maximum atomic E-state index is 13.6. The van der Waals surface area contributed by atoms with E-state index in [1.54, 1.807) is 6.92 Å². The molecule has 0 heterocycles. The summed E-state index contributed by atoms with van der Waals surface area (Å²) in [5.74, 6) is -1.37. The van der Waals surface area contributed by atoms with Crippen molar-refractivity contribution < 1.29 is 18.3 Å². The second-order valence-corrected chi connectivity index (χ2v) is 6.01. The molecular formula is C19H19F2NO2. The molecule has 0 saturated heterocycles. The highest BCUT2D eigenvalue weighted by Crippen LogP contribution is 2.26. The number of hydrogen-bond donors (Lipinski definition) is 1. The predicted molar refractivity (Wildman–Crippen MR) is 88.2 cm³/mol. The summed E-state index contributed by atoms with van der Waals surface area (Å²) in [6.45, 7) is 1.59. The molecule has 0 aromatic heterocycles. The van der Waals surface area contributed by atoms with Crippen molar-refractivity contribution >= 4 is 11.6 Å². The lowest BCUT2D eigenvalue weighted by Crippen LogP contribution is -2.30. The number of benzene rings is 2. The van der Waals surface area contributed by atoms with Crippen LogP contribution in [0.2, 0.25) is 0 Å². The summed E-state index contributed by atoms with van der Waals surface area (Å²) < 4.78 is 32.2. The maximum Gasteiger partial charge on any atom is 0.265 e.